The zero-order chi connectivity index (χ0) is 22.6. The van der Waals surface area contributed by atoms with Crippen molar-refractivity contribution >= 4 is 23.6 Å². The van der Waals surface area contributed by atoms with Crippen LogP contribution in [0.2, 0.25) is 0 Å². The molecule has 5 rings (SSSR count). The number of hydrogen-bond acceptors (Lipinski definition) is 8. The maximum Gasteiger partial charge on any atom is 0.362 e. The first kappa shape index (κ1) is 19.2. The second-order valence-electron chi connectivity index (χ2n) is 7.20. The number of nitrogens with zero attached hydrogens (tertiary/aromatic N) is 2. The maximum absolute atomic E-state index is 12.8. The summed E-state index contributed by atoms with van der Waals surface area (Å²) in [6, 6.07) is 12.1. The highest BCUT2D eigenvalue weighted by atomic mass is 16.4. The molecule has 0 aliphatic carbocycles. The molecular formula is C22H16N4O6. The molecule has 10 nitrogen and oxygen atoms in total. The lowest BCUT2D eigenvalue weighted by Gasteiger charge is -2.21. The average molecular weight is 432 g/mol. The number of aromatic hydroxyl groups is 2. The minimum atomic E-state index is -0.837. The minimum Gasteiger partial charge on any atom is -0.508 e. The Kier molecular flexibility index (Phi) is 4.16. The first-order chi connectivity index (χ1) is 15.3. The number of primary amides is 1. The van der Waals surface area contributed by atoms with Crippen molar-refractivity contribution in [3.8, 4) is 17.4 Å². The van der Waals surface area contributed by atoms with E-state index in [2.05, 4.69) is 4.98 Å². The number of rotatable bonds is 3. The Morgan fingerprint density at radius 3 is 2.28 bits per heavy atom. The molecule has 0 bridgehead atoms. The van der Waals surface area contributed by atoms with Crippen LogP contribution in [0, 0.1) is 0 Å². The molecule has 4 aromatic rings. The van der Waals surface area contributed by atoms with Gasteiger partial charge in [-0.1, -0.05) is 24.3 Å². The summed E-state index contributed by atoms with van der Waals surface area (Å²) < 4.78 is 12.4. The van der Waals surface area contributed by atoms with Crippen LogP contribution >= 0.6 is 0 Å². The molecule has 1 atom stereocenters. The number of anilines is 1. The van der Waals surface area contributed by atoms with E-state index >= 15 is 0 Å². The summed E-state index contributed by atoms with van der Waals surface area (Å²) in [4.78, 5) is 29.6. The van der Waals surface area contributed by atoms with Crippen LogP contribution in [0.25, 0.3) is 17.5 Å². The molecule has 2 aromatic heterocycles. The van der Waals surface area contributed by atoms with Gasteiger partial charge in [-0.15, -0.1) is 0 Å². The van der Waals surface area contributed by atoms with Gasteiger partial charge in [0.1, 0.15) is 22.5 Å². The van der Waals surface area contributed by atoms with E-state index in [1.54, 1.807) is 24.3 Å². The average Bonchev–Trinajstić information content (AvgIpc) is 3.28. The van der Waals surface area contributed by atoms with E-state index in [-0.39, 0.29) is 45.6 Å². The third kappa shape index (κ3) is 2.93. The van der Waals surface area contributed by atoms with Crippen molar-refractivity contribution in [3.05, 3.63) is 86.7 Å². The highest BCUT2D eigenvalue weighted by Gasteiger charge is 2.38. The van der Waals surface area contributed by atoms with Crippen molar-refractivity contribution in [3.63, 3.8) is 0 Å². The van der Waals surface area contributed by atoms with Gasteiger partial charge >= 0.3 is 5.63 Å². The molecule has 0 fully saturated rings. The summed E-state index contributed by atoms with van der Waals surface area (Å²) >= 11 is 0. The van der Waals surface area contributed by atoms with Gasteiger partial charge in [-0.2, -0.15) is 4.98 Å². The number of amides is 1. The summed E-state index contributed by atoms with van der Waals surface area (Å²) in [5.74, 6) is -1.45. The summed E-state index contributed by atoms with van der Waals surface area (Å²) in [5, 5.41) is 19.2. The van der Waals surface area contributed by atoms with Gasteiger partial charge in [0.2, 0.25) is 11.4 Å². The monoisotopic (exact) mass is 432 g/mol. The summed E-state index contributed by atoms with van der Waals surface area (Å²) in [6.07, 6.45) is 1.51. The predicted octanol–water partition coefficient (Wildman–Crippen LogP) is 0.0222. The van der Waals surface area contributed by atoms with E-state index in [4.69, 9.17) is 20.3 Å². The Labute approximate surface area is 179 Å². The molecule has 0 radical (unpaired) electrons. The Balaban J connectivity index is 1.89. The van der Waals surface area contributed by atoms with Crippen LogP contribution in [0.15, 0.2) is 62.2 Å². The lowest BCUT2D eigenvalue weighted by Crippen LogP contribution is -2.38. The predicted molar refractivity (Wildman–Crippen MR) is 112 cm³/mol. The van der Waals surface area contributed by atoms with Gasteiger partial charge < -0.3 is 30.5 Å². The third-order valence-corrected chi connectivity index (χ3v) is 5.18. The lowest BCUT2D eigenvalue weighted by molar-refractivity contribution is -0.113. The molecule has 0 saturated heterocycles. The fraction of sp³-hybridized carbons (Fsp3) is 0.0455. The second-order valence-corrected chi connectivity index (χ2v) is 7.20. The number of phenolic OH excluding ortho intramolecular Hbond substituents is 2. The smallest absolute Gasteiger partial charge is 0.362 e. The summed E-state index contributed by atoms with van der Waals surface area (Å²) in [5.41, 5.74) is 12.1. The van der Waals surface area contributed by atoms with E-state index in [0.717, 1.165) is 0 Å². The maximum atomic E-state index is 12.8. The van der Waals surface area contributed by atoms with Crippen LogP contribution in [-0.2, 0) is 4.79 Å². The zero-order valence-corrected chi connectivity index (χ0v) is 16.4. The van der Waals surface area contributed by atoms with Crippen LogP contribution in [0.1, 0.15) is 22.7 Å². The van der Waals surface area contributed by atoms with Crippen molar-refractivity contribution in [2.45, 2.75) is 5.92 Å². The molecule has 3 heterocycles. The van der Waals surface area contributed by atoms with E-state index < -0.39 is 17.5 Å². The van der Waals surface area contributed by atoms with Crippen molar-refractivity contribution in [1.29, 1.82) is 0 Å². The SMILES string of the molecule is NC(=O)C1=c2oc(=O)/c(=C\c3ccc(O)cc3)n2-c2oc(N)nc2[C@@H]1c1ccc(O)cc1. The number of carbonyl (C=O) groups excluding carboxylic acids is 1. The Bertz CT molecular complexity index is 1540. The van der Waals surface area contributed by atoms with Crippen molar-refractivity contribution in [2.24, 2.45) is 5.73 Å². The van der Waals surface area contributed by atoms with Crippen LogP contribution in [0.3, 0.4) is 0 Å². The Morgan fingerprint density at radius 1 is 1.03 bits per heavy atom. The number of hydrogen-bond donors (Lipinski definition) is 4. The van der Waals surface area contributed by atoms with Crippen molar-refractivity contribution in [1.82, 2.24) is 9.55 Å². The number of benzene rings is 2. The molecule has 0 saturated carbocycles. The highest BCUT2D eigenvalue weighted by molar-refractivity contribution is 6.15. The second kappa shape index (κ2) is 6.91. The number of oxazole rings is 2. The van der Waals surface area contributed by atoms with Crippen LogP contribution in [0.4, 0.5) is 6.01 Å². The number of phenols is 2. The van der Waals surface area contributed by atoms with Crippen LogP contribution < -0.4 is 28.0 Å². The van der Waals surface area contributed by atoms with Crippen molar-refractivity contribution in [2.75, 3.05) is 5.73 Å². The van der Waals surface area contributed by atoms with Gasteiger partial charge in [-0.25, -0.2) is 9.36 Å². The van der Waals surface area contributed by atoms with E-state index in [0.29, 0.717) is 11.1 Å². The van der Waals surface area contributed by atoms with Crippen LogP contribution in [-0.4, -0.2) is 25.7 Å². The summed E-state index contributed by atoms with van der Waals surface area (Å²) in [7, 11) is 0. The Morgan fingerprint density at radius 2 is 1.66 bits per heavy atom. The molecule has 0 unspecified atom stereocenters. The highest BCUT2D eigenvalue weighted by Crippen LogP contribution is 2.38. The molecule has 32 heavy (non-hydrogen) atoms. The number of carbonyl (C=O) groups is 1. The topological polar surface area (TPSA) is 171 Å². The van der Waals surface area contributed by atoms with E-state index in [1.165, 1.54) is 34.9 Å². The fourth-order valence-electron chi connectivity index (χ4n) is 3.80. The van der Waals surface area contributed by atoms with Gasteiger partial charge in [0, 0.05) is 0 Å². The zero-order valence-electron chi connectivity index (χ0n) is 16.4. The van der Waals surface area contributed by atoms with Crippen LogP contribution in [0.5, 0.6) is 11.5 Å². The van der Waals surface area contributed by atoms with E-state index in [1.807, 2.05) is 0 Å². The molecule has 1 aliphatic heterocycles. The molecule has 1 aliphatic rings. The number of aromatic nitrogens is 2. The normalized spacial score (nSPS) is 15.4. The van der Waals surface area contributed by atoms with Gasteiger partial charge in [0.05, 0.1) is 11.5 Å². The molecule has 2 aromatic carbocycles. The number of nitrogen functional groups attached to an aromatic ring is 1. The molecule has 0 spiro atoms. The molecular weight excluding hydrogens is 416 g/mol. The first-order valence-corrected chi connectivity index (χ1v) is 9.45. The molecule has 10 heteroatoms. The van der Waals surface area contributed by atoms with Gasteiger partial charge in [-0.3, -0.25) is 4.79 Å². The molecule has 160 valence electrons. The largest absolute Gasteiger partial charge is 0.508 e. The quantitative estimate of drug-likeness (QED) is 0.351. The number of nitrogens with two attached hydrogens (primary N) is 2. The lowest BCUT2D eigenvalue weighted by atomic mass is 9.86. The fourth-order valence-corrected chi connectivity index (χ4v) is 3.80. The Hall–Kier alpha value is -4.73. The number of fused-ring (bicyclic) bond motifs is 3. The first-order valence-electron chi connectivity index (χ1n) is 9.45. The molecule has 6 N–H and O–H groups in total. The molecule has 1 amide bonds. The van der Waals surface area contributed by atoms with Gasteiger partial charge in [0.15, 0.2) is 0 Å². The van der Waals surface area contributed by atoms with Gasteiger partial charge in [-0.05, 0) is 41.5 Å². The van der Waals surface area contributed by atoms with E-state index in [9.17, 15) is 19.8 Å². The summed E-state index contributed by atoms with van der Waals surface area (Å²) in [6.45, 7) is 0. The minimum absolute atomic E-state index is 0.0149. The third-order valence-electron chi connectivity index (χ3n) is 5.18. The van der Waals surface area contributed by atoms with Gasteiger partial charge in [0.25, 0.3) is 11.9 Å². The van der Waals surface area contributed by atoms with Crippen molar-refractivity contribution < 1.29 is 23.8 Å². The standard InChI is InChI=1S/C22H16N4O6/c23-18(29)16-15(11-3-7-13(28)8-4-11)17-20(32-22(24)25-17)26-14(21(30)31-19(16)26)9-10-1-5-12(27)6-2-10/h1-9,15,27-28H,(H2,23,29)(H2,24,25)/b14-9+/t15-/m1/s1.